The van der Waals surface area contributed by atoms with Crippen molar-refractivity contribution in [2.45, 2.75) is 20.3 Å². The Bertz CT molecular complexity index is 306. The number of carbonyl (C=O) groups excluding carboxylic acids is 1. The van der Waals surface area contributed by atoms with Crippen LogP contribution >= 0.6 is 11.3 Å². The Hall–Kier alpha value is -0.870. The maximum absolute atomic E-state index is 11.5. The molecule has 1 amide bonds. The van der Waals surface area contributed by atoms with E-state index >= 15 is 0 Å². The highest BCUT2D eigenvalue weighted by atomic mass is 32.1. The van der Waals surface area contributed by atoms with Gasteiger partial charge in [-0.15, -0.1) is 11.3 Å². The van der Waals surface area contributed by atoms with Crippen LogP contribution < -0.4 is 5.32 Å². The summed E-state index contributed by atoms with van der Waals surface area (Å²) in [5, 5.41) is 13.8. The van der Waals surface area contributed by atoms with E-state index in [-0.39, 0.29) is 17.9 Å². The third kappa shape index (κ3) is 4.44. The summed E-state index contributed by atoms with van der Waals surface area (Å²) in [7, 11) is 0. The normalized spacial score (nSPS) is 11.4. The first kappa shape index (κ1) is 12.2. The van der Waals surface area contributed by atoms with E-state index < -0.39 is 0 Å². The van der Waals surface area contributed by atoms with Gasteiger partial charge in [0.1, 0.15) is 0 Å². The van der Waals surface area contributed by atoms with Crippen LogP contribution in [0.4, 0.5) is 0 Å². The van der Waals surface area contributed by atoms with Gasteiger partial charge in [0, 0.05) is 23.4 Å². The molecule has 0 fully saturated rings. The largest absolute Gasteiger partial charge is 0.396 e. The fraction of sp³-hybridized carbons (Fsp3) is 0.545. The summed E-state index contributed by atoms with van der Waals surface area (Å²) < 4.78 is 0. The van der Waals surface area contributed by atoms with Crippen molar-refractivity contribution in [3.63, 3.8) is 0 Å². The molecule has 0 aliphatic rings. The molecule has 84 valence electrons. The molecule has 0 atom stereocenters. The average Bonchev–Trinajstić information content (AvgIpc) is 2.68. The highest BCUT2D eigenvalue weighted by molar-refractivity contribution is 7.10. The zero-order valence-corrected chi connectivity index (χ0v) is 9.93. The van der Waals surface area contributed by atoms with Gasteiger partial charge in [0.15, 0.2) is 0 Å². The molecule has 0 aliphatic heterocycles. The van der Waals surface area contributed by atoms with Gasteiger partial charge in [0.2, 0.25) is 5.91 Å². The smallest absolute Gasteiger partial charge is 0.225 e. The van der Waals surface area contributed by atoms with Crippen molar-refractivity contribution in [1.82, 2.24) is 5.32 Å². The molecule has 15 heavy (non-hydrogen) atoms. The molecule has 1 aromatic heterocycles. The second kappa shape index (κ2) is 5.28. The molecule has 1 aromatic rings. The lowest BCUT2D eigenvalue weighted by atomic mass is 9.95. The van der Waals surface area contributed by atoms with Crippen molar-refractivity contribution in [3.05, 3.63) is 22.4 Å². The molecule has 0 bridgehead atoms. The summed E-state index contributed by atoms with van der Waals surface area (Å²) in [6.45, 7) is 4.41. The maximum Gasteiger partial charge on any atom is 0.225 e. The third-order valence-corrected chi connectivity index (χ3v) is 2.98. The SMILES string of the molecule is CC(C)(CO)CNC(=O)Cc1cccs1. The summed E-state index contributed by atoms with van der Waals surface area (Å²) in [5.74, 6) is 0.0129. The highest BCUT2D eigenvalue weighted by Crippen LogP contribution is 2.12. The van der Waals surface area contributed by atoms with Crippen LogP contribution in [0.2, 0.25) is 0 Å². The molecular weight excluding hydrogens is 210 g/mol. The van der Waals surface area contributed by atoms with Gasteiger partial charge in [-0.05, 0) is 11.4 Å². The van der Waals surface area contributed by atoms with E-state index in [9.17, 15) is 4.79 Å². The monoisotopic (exact) mass is 227 g/mol. The number of thiophene rings is 1. The highest BCUT2D eigenvalue weighted by Gasteiger charge is 2.17. The fourth-order valence-corrected chi connectivity index (χ4v) is 1.73. The first-order chi connectivity index (χ1) is 7.03. The van der Waals surface area contributed by atoms with Crippen molar-refractivity contribution in [2.75, 3.05) is 13.2 Å². The van der Waals surface area contributed by atoms with Crippen LogP contribution in [0.25, 0.3) is 0 Å². The lowest BCUT2D eigenvalue weighted by Gasteiger charge is -2.21. The molecule has 4 heteroatoms. The van der Waals surface area contributed by atoms with Crippen LogP contribution in [0.3, 0.4) is 0 Å². The standard InChI is InChI=1S/C11H17NO2S/c1-11(2,8-13)7-12-10(14)6-9-4-3-5-15-9/h3-5,13H,6-8H2,1-2H3,(H,12,14). The van der Waals surface area contributed by atoms with E-state index in [2.05, 4.69) is 5.32 Å². The minimum Gasteiger partial charge on any atom is -0.396 e. The van der Waals surface area contributed by atoms with Crippen LogP contribution in [0.15, 0.2) is 17.5 Å². The predicted octanol–water partition coefficient (Wildman–Crippen LogP) is 1.43. The van der Waals surface area contributed by atoms with Crippen molar-refractivity contribution >= 4 is 17.2 Å². The topological polar surface area (TPSA) is 49.3 Å². The number of aliphatic hydroxyl groups excluding tert-OH is 1. The molecule has 3 nitrogen and oxygen atoms in total. The van der Waals surface area contributed by atoms with Crippen LogP contribution in [-0.2, 0) is 11.2 Å². The molecule has 0 radical (unpaired) electrons. The van der Waals surface area contributed by atoms with Gasteiger partial charge in [0.05, 0.1) is 6.42 Å². The van der Waals surface area contributed by atoms with Gasteiger partial charge in [-0.2, -0.15) is 0 Å². The molecular formula is C11H17NO2S. The van der Waals surface area contributed by atoms with E-state index in [1.165, 1.54) is 0 Å². The van der Waals surface area contributed by atoms with Crippen molar-refractivity contribution in [1.29, 1.82) is 0 Å². The molecule has 0 aromatic carbocycles. The number of hydrogen-bond donors (Lipinski definition) is 2. The molecule has 0 aliphatic carbocycles. The summed E-state index contributed by atoms with van der Waals surface area (Å²) in [5.41, 5.74) is -0.245. The summed E-state index contributed by atoms with van der Waals surface area (Å²) in [4.78, 5) is 12.6. The van der Waals surface area contributed by atoms with Gasteiger partial charge < -0.3 is 10.4 Å². The van der Waals surface area contributed by atoms with Crippen molar-refractivity contribution in [2.24, 2.45) is 5.41 Å². The quantitative estimate of drug-likeness (QED) is 0.799. The van der Waals surface area contributed by atoms with E-state index in [4.69, 9.17) is 5.11 Å². The lowest BCUT2D eigenvalue weighted by molar-refractivity contribution is -0.120. The van der Waals surface area contributed by atoms with Gasteiger partial charge in [-0.3, -0.25) is 4.79 Å². The minimum absolute atomic E-state index is 0.0129. The molecule has 1 heterocycles. The predicted molar refractivity (Wildman–Crippen MR) is 61.9 cm³/mol. The Balaban J connectivity index is 2.31. The lowest BCUT2D eigenvalue weighted by Crippen LogP contribution is -2.36. The first-order valence-electron chi connectivity index (χ1n) is 4.93. The Morgan fingerprint density at radius 1 is 1.60 bits per heavy atom. The summed E-state index contributed by atoms with van der Waals surface area (Å²) in [6.07, 6.45) is 0.430. The summed E-state index contributed by atoms with van der Waals surface area (Å²) in [6, 6.07) is 3.88. The molecule has 0 spiro atoms. The number of rotatable bonds is 5. The zero-order valence-electron chi connectivity index (χ0n) is 9.12. The maximum atomic E-state index is 11.5. The van der Waals surface area contributed by atoms with Crippen LogP contribution in [0.1, 0.15) is 18.7 Å². The van der Waals surface area contributed by atoms with Gasteiger partial charge in [-0.1, -0.05) is 19.9 Å². The van der Waals surface area contributed by atoms with E-state index in [1.807, 2.05) is 31.4 Å². The minimum atomic E-state index is -0.245. The molecule has 2 N–H and O–H groups in total. The van der Waals surface area contributed by atoms with Crippen molar-refractivity contribution in [3.8, 4) is 0 Å². The number of amides is 1. The fourth-order valence-electron chi connectivity index (χ4n) is 1.03. The van der Waals surface area contributed by atoms with Crippen LogP contribution in [0.5, 0.6) is 0 Å². The Kier molecular flexibility index (Phi) is 4.29. The Morgan fingerprint density at radius 3 is 2.87 bits per heavy atom. The number of hydrogen-bond acceptors (Lipinski definition) is 3. The Morgan fingerprint density at radius 2 is 2.33 bits per heavy atom. The summed E-state index contributed by atoms with van der Waals surface area (Å²) >= 11 is 1.58. The number of aliphatic hydroxyl groups is 1. The van der Waals surface area contributed by atoms with E-state index in [1.54, 1.807) is 11.3 Å². The molecule has 0 saturated carbocycles. The van der Waals surface area contributed by atoms with Crippen LogP contribution in [0, 0.1) is 5.41 Å². The first-order valence-corrected chi connectivity index (χ1v) is 5.81. The average molecular weight is 227 g/mol. The number of nitrogens with one attached hydrogen (secondary N) is 1. The Labute approximate surface area is 94.1 Å². The van der Waals surface area contributed by atoms with E-state index in [0.29, 0.717) is 13.0 Å². The number of carbonyl (C=O) groups is 1. The molecule has 1 rings (SSSR count). The zero-order chi connectivity index (χ0) is 11.3. The van der Waals surface area contributed by atoms with Gasteiger partial charge in [-0.25, -0.2) is 0 Å². The second-order valence-corrected chi connectivity index (χ2v) is 5.39. The second-order valence-electron chi connectivity index (χ2n) is 4.36. The van der Waals surface area contributed by atoms with E-state index in [0.717, 1.165) is 4.88 Å². The molecule has 0 saturated heterocycles. The molecule has 0 unspecified atom stereocenters. The third-order valence-electron chi connectivity index (χ3n) is 2.11. The van der Waals surface area contributed by atoms with Gasteiger partial charge in [0.25, 0.3) is 0 Å². The van der Waals surface area contributed by atoms with Crippen molar-refractivity contribution < 1.29 is 9.90 Å². The van der Waals surface area contributed by atoms with Crippen LogP contribution in [-0.4, -0.2) is 24.2 Å². The van der Waals surface area contributed by atoms with Gasteiger partial charge >= 0.3 is 0 Å².